The number of benzene rings is 2. The molecule has 36 heavy (non-hydrogen) atoms. The topological polar surface area (TPSA) is 100 Å². The number of ether oxygens (including phenoxy) is 1. The number of nitrogens with one attached hydrogen (secondary N) is 2. The molecular weight excluding hydrogens is 454 g/mol. The monoisotopic (exact) mass is 483 g/mol. The summed E-state index contributed by atoms with van der Waals surface area (Å²) in [4.78, 5) is 32.4. The van der Waals surface area contributed by atoms with Gasteiger partial charge in [0.1, 0.15) is 11.4 Å². The van der Waals surface area contributed by atoms with E-state index in [-0.39, 0.29) is 18.4 Å². The maximum Gasteiger partial charge on any atom is 0.410 e. The molecule has 5 rings (SSSR count). The van der Waals surface area contributed by atoms with Crippen LogP contribution in [-0.4, -0.2) is 50.8 Å². The van der Waals surface area contributed by atoms with E-state index in [4.69, 9.17) is 4.74 Å². The van der Waals surface area contributed by atoms with E-state index in [9.17, 15) is 9.59 Å². The van der Waals surface area contributed by atoms with Crippen molar-refractivity contribution in [1.29, 1.82) is 0 Å². The van der Waals surface area contributed by atoms with Crippen LogP contribution in [0.4, 0.5) is 10.6 Å². The van der Waals surface area contributed by atoms with Crippen molar-refractivity contribution in [3.63, 3.8) is 0 Å². The molecule has 1 unspecified atom stereocenters. The number of pyridine rings is 1. The Morgan fingerprint density at radius 1 is 1.00 bits per heavy atom. The fourth-order valence-corrected chi connectivity index (χ4v) is 4.60. The molecule has 4 aromatic rings. The Bertz CT molecular complexity index is 1380. The van der Waals surface area contributed by atoms with Crippen molar-refractivity contribution in [2.24, 2.45) is 5.92 Å². The Labute approximate surface area is 209 Å². The molecular formula is C28H29N5O3. The highest BCUT2D eigenvalue weighted by Gasteiger charge is 2.41. The SMILES string of the molecule is CC(C)(C)OC(=O)N1CC(c2ccccc2)[C@@H](C(=O)Nc2cc3cc(-c4cn[nH]c4)ccc3cn2)C1. The molecule has 184 valence electrons. The van der Waals surface area contributed by atoms with Crippen molar-refractivity contribution in [3.05, 3.63) is 78.8 Å². The number of fused-ring (bicyclic) bond motifs is 1. The summed E-state index contributed by atoms with van der Waals surface area (Å²) in [5.41, 5.74) is 2.41. The third kappa shape index (κ3) is 5.07. The van der Waals surface area contributed by atoms with E-state index in [1.165, 1.54) is 0 Å². The summed E-state index contributed by atoms with van der Waals surface area (Å²) >= 11 is 0. The Balaban J connectivity index is 1.38. The molecule has 3 heterocycles. The largest absolute Gasteiger partial charge is 0.444 e. The van der Waals surface area contributed by atoms with Crippen molar-refractivity contribution in [2.45, 2.75) is 32.3 Å². The number of H-pyrrole nitrogens is 1. The number of aromatic amines is 1. The number of rotatable bonds is 4. The van der Waals surface area contributed by atoms with Gasteiger partial charge in [-0.15, -0.1) is 0 Å². The lowest BCUT2D eigenvalue weighted by Gasteiger charge is -2.24. The lowest BCUT2D eigenvalue weighted by atomic mass is 9.88. The average Bonchev–Trinajstić information content (AvgIpc) is 3.54. The highest BCUT2D eigenvalue weighted by molar-refractivity contribution is 5.96. The van der Waals surface area contributed by atoms with Crippen molar-refractivity contribution < 1.29 is 14.3 Å². The van der Waals surface area contributed by atoms with Gasteiger partial charge in [0, 0.05) is 42.4 Å². The Kier molecular flexibility index (Phi) is 6.18. The van der Waals surface area contributed by atoms with Crippen LogP contribution in [0, 0.1) is 5.92 Å². The molecule has 0 radical (unpaired) electrons. The number of carbonyl (C=O) groups excluding carboxylic acids is 2. The number of hydrogen-bond donors (Lipinski definition) is 2. The van der Waals surface area contributed by atoms with Crippen molar-refractivity contribution in [3.8, 4) is 11.1 Å². The molecule has 0 bridgehead atoms. The molecule has 2 atom stereocenters. The highest BCUT2D eigenvalue weighted by atomic mass is 16.6. The molecule has 1 saturated heterocycles. The third-order valence-corrected chi connectivity index (χ3v) is 6.34. The standard InChI is InChI=1S/C28H29N5O3/c1-28(2,3)36-27(35)33-16-23(18-7-5-4-6-8-18)24(17-33)26(34)32-25-12-21-11-19(22-14-30-31-15-22)9-10-20(21)13-29-25/h4-15,23-24H,16-17H2,1-3H3,(H,30,31)(H,29,32,34)/t23?,24-/m0/s1. The van der Waals surface area contributed by atoms with Gasteiger partial charge >= 0.3 is 6.09 Å². The molecule has 0 aliphatic carbocycles. The molecule has 0 saturated carbocycles. The predicted molar refractivity (Wildman–Crippen MR) is 138 cm³/mol. The quantitative estimate of drug-likeness (QED) is 0.415. The summed E-state index contributed by atoms with van der Waals surface area (Å²) in [6.45, 7) is 6.20. The maximum absolute atomic E-state index is 13.5. The zero-order chi connectivity index (χ0) is 25.3. The van der Waals surface area contributed by atoms with Crippen LogP contribution in [0.5, 0.6) is 0 Å². The first-order chi connectivity index (χ1) is 17.3. The zero-order valence-electron chi connectivity index (χ0n) is 20.6. The summed E-state index contributed by atoms with van der Waals surface area (Å²) in [7, 11) is 0. The van der Waals surface area contributed by atoms with Gasteiger partial charge in [-0.3, -0.25) is 9.89 Å². The van der Waals surface area contributed by atoms with Crippen LogP contribution in [0.15, 0.2) is 73.2 Å². The van der Waals surface area contributed by atoms with Gasteiger partial charge in [0.05, 0.1) is 12.1 Å². The molecule has 0 spiro atoms. The van der Waals surface area contributed by atoms with Gasteiger partial charge in [-0.25, -0.2) is 9.78 Å². The molecule has 1 aliphatic heterocycles. The van der Waals surface area contributed by atoms with Crippen molar-refractivity contribution >= 4 is 28.6 Å². The minimum atomic E-state index is -0.607. The first kappa shape index (κ1) is 23.5. The lowest BCUT2D eigenvalue weighted by Crippen LogP contribution is -2.36. The number of amides is 2. The van der Waals surface area contributed by atoms with Gasteiger partial charge in [-0.05, 0) is 49.4 Å². The van der Waals surface area contributed by atoms with Gasteiger partial charge in [0.2, 0.25) is 5.91 Å². The molecule has 8 heteroatoms. The van der Waals surface area contributed by atoms with E-state index < -0.39 is 17.6 Å². The summed E-state index contributed by atoms with van der Waals surface area (Å²) in [5.74, 6) is -0.284. The first-order valence-corrected chi connectivity index (χ1v) is 12.0. The van der Waals surface area contributed by atoms with Crippen molar-refractivity contribution in [2.75, 3.05) is 18.4 Å². The number of likely N-dealkylation sites (tertiary alicyclic amines) is 1. The molecule has 2 N–H and O–H groups in total. The van der Waals surface area contributed by atoms with E-state index in [1.807, 2.05) is 81.6 Å². The van der Waals surface area contributed by atoms with Crippen LogP contribution >= 0.6 is 0 Å². The van der Waals surface area contributed by atoms with Gasteiger partial charge in [-0.1, -0.05) is 42.5 Å². The van der Waals surface area contributed by atoms with Gasteiger partial charge in [-0.2, -0.15) is 5.10 Å². The average molecular weight is 484 g/mol. The fourth-order valence-electron chi connectivity index (χ4n) is 4.60. The number of hydrogen-bond acceptors (Lipinski definition) is 5. The summed E-state index contributed by atoms with van der Waals surface area (Å²) in [6, 6.07) is 17.8. The highest BCUT2D eigenvalue weighted by Crippen LogP contribution is 2.34. The van der Waals surface area contributed by atoms with Crippen LogP contribution in [0.2, 0.25) is 0 Å². The number of anilines is 1. The third-order valence-electron chi connectivity index (χ3n) is 6.34. The maximum atomic E-state index is 13.5. The zero-order valence-corrected chi connectivity index (χ0v) is 20.6. The van der Waals surface area contributed by atoms with Crippen LogP contribution < -0.4 is 5.32 Å². The number of aromatic nitrogens is 3. The van der Waals surface area contributed by atoms with E-state index >= 15 is 0 Å². The van der Waals surface area contributed by atoms with E-state index in [2.05, 4.69) is 20.5 Å². The molecule has 2 aromatic heterocycles. The van der Waals surface area contributed by atoms with Crippen LogP contribution in [0.3, 0.4) is 0 Å². The molecule has 1 fully saturated rings. The lowest BCUT2D eigenvalue weighted by molar-refractivity contribution is -0.119. The predicted octanol–water partition coefficient (Wildman–Crippen LogP) is 5.21. The molecule has 2 amide bonds. The van der Waals surface area contributed by atoms with E-state index in [0.29, 0.717) is 12.4 Å². The van der Waals surface area contributed by atoms with Crippen LogP contribution in [0.1, 0.15) is 32.3 Å². The fraction of sp³-hybridized carbons (Fsp3) is 0.286. The molecule has 2 aromatic carbocycles. The van der Waals surface area contributed by atoms with E-state index in [1.54, 1.807) is 17.3 Å². The molecule has 8 nitrogen and oxygen atoms in total. The molecule has 1 aliphatic rings. The first-order valence-electron chi connectivity index (χ1n) is 12.0. The second-order valence-corrected chi connectivity index (χ2v) is 10.1. The van der Waals surface area contributed by atoms with Crippen LogP contribution in [0.25, 0.3) is 21.9 Å². The van der Waals surface area contributed by atoms with Gasteiger partial charge in [0.15, 0.2) is 0 Å². The Hall–Kier alpha value is -4.20. The normalized spacial score (nSPS) is 17.8. The smallest absolute Gasteiger partial charge is 0.410 e. The Morgan fingerprint density at radius 3 is 2.53 bits per heavy atom. The summed E-state index contributed by atoms with van der Waals surface area (Å²) < 4.78 is 5.58. The van der Waals surface area contributed by atoms with Gasteiger partial charge < -0.3 is 15.0 Å². The summed E-state index contributed by atoms with van der Waals surface area (Å²) in [6.07, 6.45) is 4.95. The second-order valence-electron chi connectivity index (χ2n) is 10.1. The number of nitrogens with zero attached hydrogens (tertiary/aromatic N) is 3. The second kappa shape index (κ2) is 9.45. The van der Waals surface area contributed by atoms with Crippen LogP contribution in [-0.2, 0) is 9.53 Å². The van der Waals surface area contributed by atoms with Crippen molar-refractivity contribution in [1.82, 2.24) is 20.1 Å². The van der Waals surface area contributed by atoms with Gasteiger partial charge in [0.25, 0.3) is 0 Å². The summed E-state index contributed by atoms with van der Waals surface area (Å²) in [5, 5.41) is 11.8. The minimum absolute atomic E-state index is 0.146. The minimum Gasteiger partial charge on any atom is -0.444 e. The number of carbonyl (C=O) groups is 2. The Morgan fingerprint density at radius 2 is 1.81 bits per heavy atom. The van der Waals surface area contributed by atoms with E-state index in [0.717, 1.165) is 27.5 Å².